The zero-order chi connectivity index (χ0) is 13.8. The van der Waals surface area contributed by atoms with Crippen molar-refractivity contribution < 1.29 is 64.6 Å². The molecule has 2 aromatic carbocycles. The van der Waals surface area contributed by atoms with Gasteiger partial charge in [0.05, 0.1) is 11.9 Å². The fourth-order valence-electron chi connectivity index (χ4n) is 1.95. The Kier molecular flexibility index (Phi) is 8.51. The second-order valence-corrected chi connectivity index (χ2v) is 4.07. The predicted molar refractivity (Wildman–Crippen MR) is 64.4 cm³/mol. The standard InChI is InChI=1S/C15H12O4.2Ag/c16-14(17)12-7-3-1-5-10(12)9-11-6-2-4-8-13(11)15(18)19;;/h1-8H,9H2,(H,16,17)(H,18,19);;/q;2*+1/p-2. The van der Waals surface area contributed by atoms with Gasteiger partial charge in [0.25, 0.3) is 0 Å². The maximum atomic E-state index is 11.0. The van der Waals surface area contributed by atoms with E-state index in [4.69, 9.17) is 0 Å². The molecule has 0 atom stereocenters. The Bertz CT molecular complexity index is 586. The van der Waals surface area contributed by atoms with Gasteiger partial charge in [-0.15, -0.1) is 0 Å². The molecular weight excluding hydrogens is 460 g/mol. The Balaban J connectivity index is 0.00000200. The average Bonchev–Trinajstić information content (AvgIpc) is 2.39. The van der Waals surface area contributed by atoms with Crippen molar-refractivity contribution >= 4 is 11.9 Å². The van der Waals surface area contributed by atoms with Crippen molar-refractivity contribution in [2.24, 2.45) is 0 Å². The van der Waals surface area contributed by atoms with Crippen LogP contribution in [-0.2, 0) is 51.2 Å². The Morgan fingerprint density at radius 2 is 1.05 bits per heavy atom. The van der Waals surface area contributed by atoms with Gasteiger partial charge in [0.15, 0.2) is 0 Å². The quantitative estimate of drug-likeness (QED) is 0.590. The first-order valence-corrected chi connectivity index (χ1v) is 5.68. The van der Waals surface area contributed by atoms with Crippen LogP contribution >= 0.6 is 0 Å². The third-order valence-corrected chi connectivity index (χ3v) is 2.86. The van der Waals surface area contributed by atoms with E-state index in [-0.39, 0.29) is 62.3 Å². The number of benzene rings is 2. The fourth-order valence-corrected chi connectivity index (χ4v) is 1.95. The molecule has 4 nitrogen and oxygen atoms in total. The van der Waals surface area contributed by atoms with Gasteiger partial charge in [-0.1, -0.05) is 48.5 Å². The van der Waals surface area contributed by atoms with Crippen LogP contribution in [0.3, 0.4) is 0 Å². The van der Waals surface area contributed by atoms with Crippen molar-refractivity contribution in [2.75, 3.05) is 0 Å². The molecule has 21 heavy (non-hydrogen) atoms. The van der Waals surface area contributed by atoms with E-state index < -0.39 is 11.9 Å². The third kappa shape index (κ3) is 4.97. The van der Waals surface area contributed by atoms with E-state index in [1.54, 1.807) is 36.4 Å². The van der Waals surface area contributed by atoms with Crippen LogP contribution in [0, 0.1) is 0 Å². The SMILES string of the molecule is O=C([O-])c1ccccc1Cc1ccccc1C(=O)[O-].[Ag+].[Ag+]. The molecule has 0 aromatic heterocycles. The fraction of sp³-hybridized carbons (Fsp3) is 0.0667. The molecule has 0 N–H and O–H groups in total. The molecule has 0 radical (unpaired) electrons. The molecule has 0 spiro atoms. The van der Waals surface area contributed by atoms with Crippen LogP contribution in [0.1, 0.15) is 31.8 Å². The number of aromatic carboxylic acids is 2. The number of rotatable bonds is 4. The molecule has 6 heteroatoms. The molecule has 2 aromatic rings. The number of hydrogen-bond donors (Lipinski definition) is 0. The van der Waals surface area contributed by atoms with Crippen molar-refractivity contribution in [1.29, 1.82) is 0 Å². The summed E-state index contributed by atoms with van der Waals surface area (Å²) in [5, 5.41) is 22.0. The molecule has 0 saturated carbocycles. The number of carbonyl (C=O) groups excluding carboxylic acids is 2. The minimum absolute atomic E-state index is 0. The summed E-state index contributed by atoms with van der Waals surface area (Å²) in [6.45, 7) is 0. The van der Waals surface area contributed by atoms with Crippen LogP contribution in [0.2, 0.25) is 0 Å². The molecular formula is C15H10Ag2O4. The summed E-state index contributed by atoms with van der Waals surface area (Å²) in [6.07, 6.45) is 0.203. The van der Waals surface area contributed by atoms with Crippen molar-refractivity contribution in [1.82, 2.24) is 0 Å². The molecule has 0 unspecified atom stereocenters. The first-order valence-electron chi connectivity index (χ1n) is 5.68. The van der Waals surface area contributed by atoms with E-state index in [9.17, 15) is 19.8 Å². The molecule has 116 valence electrons. The van der Waals surface area contributed by atoms with Gasteiger partial charge < -0.3 is 19.8 Å². The van der Waals surface area contributed by atoms with E-state index >= 15 is 0 Å². The summed E-state index contributed by atoms with van der Waals surface area (Å²) in [7, 11) is 0. The van der Waals surface area contributed by atoms with E-state index in [0.717, 1.165) is 0 Å². The van der Waals surface area contributed by atoms with Gasteiger partial charge in [-0.2, -0.15) is 0 Å². The summed E-state index contributed by atoms with van der Waals surface area (Å²) in [6, 6.07) is 12.7. The topological polar surface area (TPSA) is 80.3 Å². The molecule has 2 rings (SSSR count). The molecule has 0 bridgehead atoms. The summed E-state index contributed by atoms with van der Waals surface area (Å²) in [4.78, 5) is 22.0. The molecule has 0 heterocycles. The van der Waals surface area contributed by atoms with Crippen LogP contribution < -0.4 is 10.2 Å². The Morgan fingerprint density at radius 3 is 1.38 bits per heavy atom. The zero-order valence-electron chi connectivity index (χ0n) is 10.6. The van der Waals surface area contributed by atoms with E-state index in [2.05, 4.69) is 0 Å². The van der Waals surface area contributed by atoms with Crippen molar-refractivity contribution in [3.8, 4) is 0 Å². The number of carboxylic acids is 2. The van der Waals surface area contributed by atoms with Gasteiger partial charge >= 0.3 is 44.8 Å². The van der Waals surface area contributed by atoms with Crippen LogP contribution in [0.4, 0.5) is 0 Å². The van der Waals surface area contributed by atoms with Gasteiger partial charge in [0.1, 0.15) is 0 Å². The van der Waals surface area contributed by atoms with E-state index in [1.807, 2.05) is 0 Å². The molecule has 0 saturated heterocycles. The molecule has 0 aliphatic heterocycles. The molecule has 0 aliphatic rings. The van der Waals surface area contributed by atoms with Crippen LogP contribution in [-0.4, -0.2) is 11.9 Å². The second kappa shape index (κ2) is 9.00. The van der Waals surface area contributed by atoms with Crippen LogP contribution in [0.15, 0.2) is 48.5 Å². The van der Waals surface area contributed by atoms with Crippen LogP contribution in [0.25, 0.3) is 0 Å². The van der Waals surface area contributed by atoms with Crippen molar-refractivity contribution in [2.45, 2.75) is 6.42 Å². The number of carboxylic acid groups (broad SMARTS) is 2. The largest absolute Gasteiger partial charge is 1.00 e. The minimum atomic E-state index is -1.28. The smallest absolute Gasteiger partial charge is 0.545 e. The van der Waals surface area contributed by atoms with Gasteiger partial charge in [-0.3, -0.25) is 0 Å². The average molecular weight is 470 g/mol. The molecule has 0 aliphatic carbocycles. The van der Waals surface area contributed by atoms with Gasteiger partial charge in [-0.25, -0.2) is 0 Å². The Hall–Kier alpha value is -1.14. The number of carbonyl (C=O) groups is 2. The normalized spacial score (nSPS) is 9.14. The number of hydrogen-bond acceptors (Lipinski definition) is 4. The maximum absolute atomic E-state index is 11.0. The van der Waals surface area contributed by atoms with E-state index in [0.29, 0.717) is 11.1 Å². The second-order valence-electron chi connectivity index (χ2n) is 4.07. The van der Waals surface area contributed by atoms with Gasteiger partial charge in [0, 0.05) is 11.1 Å². The van der Waals surface area contributed by atoms with Gasteiger partial charge in [-0.05, 0) is 17.5 Å². The first kappa shape index (κ1) is 19.9. The zero-order valence-corrected chi connectivity index (χ0v) is 13.5. The van der Waals surface area contributed by atoms with E-state index in [1.165, 1.54) is 12.1 Å². The minimum Gasteiger partial charge on any atom is -0.545 e. The summed E-state index contributed by atoms with van der Waals surface area (Å²) in [5.74, 6) is -2.55. The first-order chi connectivity index (χ1) is 9.09. The summed E-state index contributed by atoms with van der Waals surface area (Å²) < 4.78 is 0. The van der Waals surface area contributed by atoms with Gasteiger partial charge in [0.2, 0.25) is 0 Å². The Morgan fingerprint density at radius 1 is 0.714 bits per heavy atom. The summed E-state index contributed by atoms with van der Waals surface area (Å²) in [5.41, 5.74) is 1.15. The molecule has 0 fully saturated rings. The van der Waals surface area contributed by atoms with Crippen molar-refractivity contribution in [3.63, 3.8) is 0 Å². The third-order valence-electron chi connectivity index (χ3n) is 2.86. The Labute approximate surface area is 153 Å². The van der Waals surface area contributed by atoms with Crippen LogP contribution in [0.5, 0.6) is 0 Å². The summed E-state index contributed by atoms with van der Waals surface area (Å²) >= 11 is 0. The predicted octanol–water partition coefficient (Wildman–Crippen LogP) is -0.000600. The maximum Gasteiger partial charge on any atom is 1.00 e. The molecule has 0 amide bonds. The monoisotopic (exact) mass is 468 g/mol. The van der Waals surface area contributed by atoms with Crippen molar-refractivity contribution in [3.05, 3.63) is 70.8 Å².